The second-order valence-corrected chi connectivity index (χ2v) is 4.25. The third-order valence-corrected chi connectivity index (χ3v) is 3.33. The molecule has 0 radical (unpaired) electrons. The number of fused-ring (bicyclic) bond motifs is 3. The van der Waals surface area contributed by atoms with E-state index in [2.05, 4.69) is 11.1 Å². The predicted molar refractivity (Wildman–Crippen MR) is 59.5 cm³/mol. The van der Waals surface area contributed by atoms with Crippen molar-refractivity contribution in [3.8, 4) is 6.07 Å². The monoisotopic (exact) mass is 214 g/mol. The lowest BCUT2D eigenvalue weighted by Crippen LogP contribution is -2.06. The van der Waals surface area contributed by atoms with Gasteiger partial charge < -0.3 is 4.98 Å². The van der Waals surface area contributed by atoms with Crippen LogP contribution < -0.4 is 0 Å². The van der Waals surface area contributed by atoms with Gasteiger partial charge in [-0.3, -0.25) is 0 Å². The van der Waals surface area contributed by atoms with Gasteiger partial charge in [-0.05, 0) is 30.9 Å². The van der Waals surface area contributed by atoms with E-state index in [4.69, 9.17) is 5.26 Å². The topological polar surface area (TPSA) is 39.6 Å². The minimum absolute atomic E-state index is 0.0840. The van der Waals surface area contributed by atoms with Crippen LogP contribution in [0.4, 0.5) is 4.39 Å². The van der Waals surface area contributed by atoms with Gasteiger partial charge in [0.15, 0.2) is 0 Å². The standard InChI is InChI=1S/C13H11FN2/c14-10-5-2-4-9-12-8(7-15)3-1-6-11(12)16-13(9)10/h2,4-5,8,16H,1,3,6H2. The number of nitrogens with one attached hydrogen (secondary N) is 1. The molecule has 2 nitrogen and oxygen atoms in total. The summed E-state index contributed by atoms with van der Waals surface area (Å²) in [5.74, 6) is -0.317. The fourth-order valence-corrected chi connectivity index (χ4v) is 2.61. The zero-order valence-corrected chi connectivity index (χ0v) is 8.76. The number of hydrogen-bond donors (Lipinski definition) is 1. The average molecular weight is 214 g/mol. The lowest BCUT2D eigenvalue weighted by Gasteiger charge is -2.16. The van der Waals surface area contributed by atoms with Gasteiger partial charge in [-0.2, -0.15) is 5.26 Å². The first-order valence-corrected chi connectivity index (χ1v) is 5.50. The van der Waals surface area contributed by atoms with Gasteiger partial charge in [0, 0.05) is 11.1 Å². The van der Waals surface area contributed by atoms with E-state index in [0.29, 0.717) is 5.52 Å². The van der Waals surface area contributed by atoms with Gasteiger partial charge in [0.2, 0.25) is 0 Å². The summed E-state index contributed by atoms with van der Waals surface area (Å²) in [6.45, 7) is 0. The SMILES string of the molecule is N#CC1CCCc2[nH]c3c(F)cccc3c21. The number of hydrogen-bond acceptors (Lipinski definition) is 1. The van der Waals surface area contributed by atoms with E-state index < -0.39 is 0 Å². The van der Waals surface area contributed by atoms with Crippen LogP contribution in [0.5, 0.6) is 0 Å². The summed E-state index contributed by atoms with van der Waals surface area (Å²) in [5, 5.41) is 10.0. The first-order valence-electron chi connectivity index (χ1n) is 5.50. The van der Waals surface area contributed by atoms with Crippen molar-refractivity contribution < 1.29 is 4.39 Å². The highest BCUT2D eigenvalue weighted by Crippen LogP contribution is 2.37. The van der Waals surface area contributed by atoms with Gasteiger partial charge >= 0.3 is 0 Å². The Morgan fingerprint density at radius 3 is 3.12 bits per heavy atom. The van der Waals surface area contributed by atoms with E-state index >= 15 is 0 Å². The maximum Gasteiger partial charge on any atom is 0.147 e. The van der Waals surface area contributed by atoms with E-state index in [1.165, 1.54) is 6.07 Å². The van der Waals surface area contributed by atoms with Gasteiger partial charge in [0.1, 0.15) is 5.82 Å². The molecule has 1 aromatic heterocycles. The molecular weight excluding hydrogens is 203 g/mol. The van der Waals surface area contributed by atoms with Crippen molar-refractivity contribution >= 4 is 10.9 Å². The maximum atomic E-state index is 13.6. The number of aromatic nitrogens is 1. The van der Waals surface area contributed by atoms with Crippen molar-refractivity contribution in [3.05, 3.63) is 35.3 Å². The van der Waals surface area contributed by atoms with E-state index in [0.717, 1.165) is 35.9 Å². The third kappa shape index (κ3) is 1.16. The van der Waals surface area contributed by atoms with Gasteiger partial charge in [0.05, 0.1) is 17.5 Å². The molecule has 0 saturated heterocycles. The van der Waals surface area contributed by atoms with Crippen molar-refractivity contribution in [2.24, 2.45) is 0 Å². The van der Waals surface area contributed by atoms with E-state index in [1.807, 2.05) is 6.07 Å². The van der Waals surface area contributed by atoms with Crippen molar-refractivity contribution in [1.82, 2.24) is 4.98 Å². The molecule has 80 valence electrons. The van der Waals surface area contributed by atoms with Crippen LogP contribution >= 0.6 is 0 Å². The predicted octanol–water partition coefficient (Wildman–Crippen LogP) is 3.25. The molecule has 0 aliphatic heterocycles. The minimum atomic E-state index is -0.233. The lowest BCUT2D eigenvalue weighted by atomic mass is 9.86. The maximum absolute atomic E-state index is 13.6. The molecule has 0 spiro atoms. The highest BCUT2D eigenvalue weighted by atomic mass is 19.1. The first kappa shape index (κ1) is 9.41. The van der Waals surface area contributed by atoms with Gasteiger partial charge in [-0.1, -0.05) is 12.1 Å². The van der Waals surface area contributed by atoms with Crippen LogP contribution in [-0.2, 0) is 6.42 Å². The quantitative estimate of drug-likeness (QED) is 0.718. The minimum Gasteiger partial charge on any atom is -0.356 e. The van der Waals surface area contributed by atoms with Crippen molar-refractivity contribution in [3.63, 3.8) is 0 Å². The summed E-state index contributed by atoms with van der Waals surface area (Å²) in [4.78, 5) is 3.12. The molecular formula is C13H11FN2. The molecule has 0 saturated carbocycles. The Morgan fingerprint density at radius 1 is 1.44 bits per heavy atom. The molecule has 1 heterocycles. The molecule has 1 unspecified atom stereocenters. The summed E-state index contributed by atoms with van der Waals surface area (Å²) in [7, 11) is 0. The molecule has 1 aliphatic carbocycles. The van der Waals surface area contributed by atoms with Crippen LogP contribution in [0, 0.1) is 17.1 Å². The molecule has 3 rings (SSSR count). The molecule has 3 heteroatoms. The summed E-state index contributed by atoms with van der Waals surface area (Å²) < 4.78 is 13.6. The average Bonchev–Trinajstić information content (AvgIpc) is 2.69. The number of aryl methyl sites for hydroxylation is 1. The molecule has 1 aromatic carbocycles. The van der Waals surface area contributed by atoms with Crippen LogP contribution in [0.15, 0.2) is 18.2 Å². The molecule has 1 atom stereocenters. The smallest absolute Gasteiger partial charge is 0.147 e. The van der Waals surface area contributed by atoms with Crippen molar-refractivity contribution in [2.75, 3.05) is 0 Å². The highest BCUT2D eigenvalue weighted by Gasteiger charge is 2.25. The molecule has 0 fully saturated rings. The van der Waals surface area contributed by atoms with E-state index in [9.17, 15) is 4.39 Å². The van der Waals surface area contributed by atoms with Crippen molar-refractivity contribution in [2.45, 2.75) is 25.2 Å². The van der Waals surface area contributed by atoms with Crippen LogP contribution in [0.25, 0.3) is 10.9 Å². The highest BCUT2D eigenvalue weighted by molar-refractivity contribution is 5.86. The zero-order valence-electron chi connectivity index (χ0n) is 8.76. The van der Waals surface area contributed by atoms with Gasteiger partial charge in [-0.15, -0.1) is 0 Å². The Kier molecular flexibility index (Phi) is 1.97. The van der Waals surface area contributed by atoms with Crippen LogP contribution in [0.3, 0.4) is 0 Å². The summed E-state index contributed by atoms with van der Waals surface area (Å²) in [6, 6.07) is 7.36. The number of rotatable bonds is 0. The van der Waals surface area contributed by atoms with Gasteiger partial charge in [0.25, 0.3) is 0 Å². The molecule has 1 N–H and O–H groups in total. The number of para-hydroxylation sites is 1. The third-order valence-electron chi connectivity index (χ3n) is 3.33. The molecule has 1 aliphatic rings. The number of nitrogens with zero attached hydrogens (tertiary/aromatic N) is 1. The number of nitriles is 1. The number of H-pyrrole nitrogens is 1. The fraction of sp³-hybridized carbons (Fsp3) is 0.308. The molecule has 0 amide bonds. The lowest BCUT2D eigenvalue weighted by molar-refractivity contribution is 0.629. The van der Waals surface area contributed by atoms with Gasteiger partial charge in [-0.25, -0.2) is 4.39 Å². The Hall–Kier alpha value is -1.82. The summed E-state index contributed by atoms with van der Waals surface area (Å²) >= 11 is 0. The molecule has 16 heavy (non-hydrogen) atoms. The van der Waals surface area contributed by atoms with Crippen molar-refractivity contribution in [1.29, 1.82) is 5.26 Å². The molecule has 2 aromatic rings. The normalized spacial score (nSPS) is 19.4. The van der Waals surface area contributed by atoms with E-state index in [1.54, 1.807) is 6.07 Å². The number of benzene rings is 1. The summed E-state index contributed by atoms with van der Waals surface area (Å²) in [5.41, 5.74) is 2.61. The zero-order chi connectivity index (χ0) is 11.1. The number of halogens is 1. The fourth-order valence-electron chi connectivity index (χ4n) is 2.61. The second-order valence-electron chi connectivity index (χ2n) is 4.25. The Labute approximate surface area is 92.7 Å². The Morgan fingerprint density at radius 2 is 2.31 bits per heavy atom. The molecule has 0 bridgehead atoms. The summed E-state index contributed by atoms with van der Waals surface area (Å²) in [6.07, 6.45) is 2.80. The second kappa shape index (κ2) is 3.34. The first-order chi connectivity index (χ1) is 7.81. The van der Waals surface area contributed by atoms with E-state index in [-0.39, 0.29) is 11.7 Å². The largest absolute Gasteiger partial charge is 0.356 e. The Balaban J connectivity index is 2.35. The Bertz CT molecular complexity index is 592. The van der Waals surface area contributed by atoms with Crippen LogP contribution in [-0.4, -0.2) is 4.98 Å². The number of aromatic amines is 1. The van der Waals surface area contributed by atoms with Crippen LogP contribution in [0.1, 0.15) is 30.0 Å². The van der Waals surface area contributed by atoms with Crippen LogP contribution in [0.2, 0.25) is 0 Å².